The molecule has 2 atom stereocenters. The van der Waals surface area contributed by atoms with Gasteiger partial charge in [-0.1, -0.05) is 26.0 Å². The molecule has 1 heteroatoms. The quantitative estimate of drug-likeness (QED) is 0.552. The highest BCUT2D eigenvalue weighted by Gasteiger charge is 2.21. The van der Waals surface area contributed by atoms with E-state index in [9.17, 15) is 5.11 Å². The van der Waals surface area contributed by atoms with E-state index in [-0.39, 0.29) is 6.10 Å². The van der Waals surface area contributed by atoms with Crippen LogP contribution in [-0.2, 0) is 0 Å². The maximum atomic E-state index is 9.49. The number of allylic oxidation sites excluding steroid dienone is 1. The Morgan fingerprint density at radius 1 is 1.50 bits per heavy atom. The van der Waals surface area contributed by atoms with E-state index < -0.39 is 0 Å². The molecule has 1 rings (SSSR count). The zero-order valence-electron chi connectivity index (χ0n) is 6.75. The maximum Gasteiger partial charge on any atom is 0.0608 e. The second-order valence-corrected chi connectivity index (χ2v) is 3.39. The minimum atomic E-state index is -0.0926. The molecule has 0 spiro atoms. The lowest BCUT2D eigenvalue weighted by Gasteiger charge is -2.25. The van der Waals surface area contributed by atoms with E-state index in [0.717, 1.165) is 12.8 Å². The van der Waals surface area contributed by atoms with E-state index in [0.29, 0.717) is 11.8 Å². The van der Waals surface area contributed by atoms with Gasteiger partial charge >= 0.3 is 0 Å². The number of aliphatic hydroxyl groups excluding tert-OH is 1. The van der Waals surface area contributed by atoms with Crippen LogP contribution in [0.5, 0.6) is 0 Å². The molecule has 0 bridgehead atoms. The third kappa shape index (κ3) is 1.60. The fraction of sp³-hybridized carbons (Fsp3) is 0.778. The molecule has 1 aliphatic carbocycles. The Morgan fingerprint density at radius 2 is 2.20 bits per heavy atom. The Bertz CT molecular complexity index is 127. The lowest BCUT2D eigenvalue weighted by atomic mass is 9.84. The van der Waals surface area contributed by atoms with E-state index in [1.807, 2.05) is 0 Å². The highest BCUT2D eigenvalue weighted by molar-refractivity contribution is 4.98. The average molecular weight is 140 g/mol. The SMILES string of the molecule is CC(C)C1C=CCCC1O. The lowest BCUT2D eigenvalue weighted by molar-refractivity contribution is 0.0941. The molecule has 0 fully saturated rings. The van der Waals surface area contributed by atoms with Gasteiger partial charge in [0.25, 0.3) is 0 Å². The Morgan fingerprint density at radius 3 is 2.60 bits per heavy atom. The van der Waals surface area contributed by atoms with Crippen LogP contribution in [0.3, 0.4) is 0 Å². The average Bonchev–Trinajstić information content (AvgIpc) is 1.88. The van der Waals surface area contributed by atoms with Gasteiger partial charge in [0.1, 0.15) is 0 Å². The third-order valence-electron chi connectivity index (χ3n) is 2.20. The first-order chi connectivity index (χ1) is 4.72. The van der Waals surface area contributed by atoms with E-state index in [1.54, 1.807) is 0 Å². The monoisotopic (exact) mass is 140 g/mol. The van der Waals surface area contributed by atoms with Crippen molar-refractivity contribution in [3.05, 3.63) is 12.2 Å². The number of aliphatic hydroxyl groups is 1. The molecule has 0 aromatic heterocycles. The van der Waals surface area contributed by atoms with Crippen LogP contribution in [0.25, 0.3) is 0 Å². The fourth-order valence-corrected chi connectivity index (χ4v) is 1.51. The molecule has 0 heterocycles. The molecular weight excluding hydrogens is 124 g/mol. The van der Waals surface area contributed by atoms with Crippen LogP contribution < -0.4 is 0 Å². The van der Waals surface area contributed by atoms with Crippen LogP contribution >= 0.6 is 0 Å². The standard InChI is InChI=1S/C9H16O/c1-7(2)8-5-3-4-6-9(8)10/h3,5,7-10H,4,6H2,1-2H3. The summed E-state index contributed by atoms with van der Waals surface area (Å²) in [4.78, 5) is 0. The van der Waals surface area contributed by atoms with Gasteiger partial charge in [0, 0.05) is 5.92 Å². The van der Waals surface area contributed by atoms with Gasteiger partial charge < -0.3 is 5.11 Å². The summed E-state index contributed by atoms with van der Waals surface area (Å²) in [6, 6.07) is 0. The molecule has 0 radical (unpaired) electrons. The van der Waals surface area contributed by atoms with Gasteiger partial charge in [0.05, 0.1) is 6.10 Å². The second kappa shape index (κ2) is 3.20. The third-order valence-corrected chi connectivity index (χ3v) is 2.20. The van der Waals surface area contributed by atoms with E-state index >= 15 is 0 Å². The summed E-state index contributed by atoms with van der Waals surface area (Å²) in [6.07, 6.45) is 6.23. The summed E-state index contributed by atoms with van der Waals surface area (Å²) in [6.45, 7) is 4.31. The van der Waals surface area contributed by atoms with Crippen molar-refractivity contribution in [3.8, 4) is 0 Å². The Kier molecular flexibility index (Phi) is 2.50. The Hall–Kier alpha value is -0.300. The molecule has 1 nitrogen and oxygen atoms in total. The van der Waals surface area contributed by atoms with Gasteiger partial charge in [0.15, 0.2) is 0 Å². The zero-order chi connectivity index (χ0) is 7.56. The summed E-state index contributed by atoms with van der Waals surface area (Å²) in [7, 11) is 0. The van der Waals surface area contributed by atoms with Crippen LogP contribution in [-0.4, -0.2) is 11.2 Å². The Balaban J connectivity index is 2.55. The summed E-state index contributed by atoms with van der Waals surface area (Å²) in [5.74, 6) is 0.972. The molecule has 58 valence electrons. The van der Waals surface area contributed by atoms with E-state index in [2.05, 4.69) is 26.0 Å². The van der Waals surface area contributed by atoms with Gasteiger partial charge in [-0.2, -0.15) is 0 Å². The highest BCUT2D eigenvalue weighted by Crippen LogP contribution is 2.24. The molecule has 0 saturated carbocycles. The molecule has 1 N–H and O–H groups in total. The van der Waals surface area contributed by atoms with Gasteiger partial charge in [-0.3, -0.25) is 0 Å². The highest BCUT2D eigenvalue weighted by atomic mass is 16.3. The number of hydrogen-bond acceptors (Lipinski definition) is 1. The molecule has 0 aromatic carbocycles. The van der Waals surface area contributed by atoms with Crippen LogP contribution in [0.4, 0.5) is 0 Å². The second-order valence-electron chi connectivity index (χ2n) is 3.39. The molecule has 1 aliphatic rings. The van der Waals surface area contributed by atoms with Crippen molar-refractivity contribution >= 4 is 0 Å². The molecule has 0 saturated heterocycles. The fourth-order valence-electron chi connectivity index (χ4n) is 1.51. The zero-order valence-corrected chi connectivity index (χ0v) is 6.75. The van der Waals surface area contributed by atoms with Crippen molar-refractivity contribution in [1.29, 1.82) is 0 Å². The van der Waals surface area contributed by atoms with Crippen LogP contribution in [0.1, 0.15) is 26.7 Å². The van der Waals surface area contributed by atoms with Crippen LogP contribution in [0, 0.1) is 11.8 Å². The molecule has 0 aromatic rings. The maximum absolute atomic E-state index is 9.49. The van der Waals surface area contributed by atoms with Crippen LogP contribution in [0.2, 0.25) is 0 Å². The first-order valence-electron chi connectivity index (χ1n) is 4.06. The van der Waals surface area contributed by atoms with Crippen molar-refractivity contribution in [3.63, 3.8) is 0 Å². The molecule has 0 aliphatic heterocycles. The first kappa shape index (κ1) is 7.80. The van der Waals surface area contributed by atoms with Gasteiger partial charge in [-0.25, -0.2) is 0 Å². The van der Waals surface area contributed by atoms with Crippen molar-refractivity contribution in [2.24, 2.45) is 11.8 Å². The number of rotatable bonds is 1. The summed E-state index contributed by atoms with van der Waals surface area (Å²) < 4.78 is 0. The molecule has 0 amide bonds. The Labute approximate surface area is 62.8 Å². The van der Waals surface area contributed by atoms with Crippen molar-refractivity contribution in [1.82, 2.24) is 0 Å². The van der Waals surface area contributed by atoms with Crippen molar-refractivity contribution < 1.29 is 5.11 Å². The summed E-state index contributed by atoms with van der Waals surface area (Å²) in [5.41, 5.74) is 0. The van der Waals surface area contributed by atoms with Gasteiger partial charge in [-0.15, -0.1) is 0 Å². The van der Waals surface area contributed by atoms with Gasteiger partial charge in [0.2, 0.25) is 0 Å². The summed E-state index contributed by atoms with van der Waals surface area (Å²) >= 11 is 0. The molecular formula is C9H16O. The largest absolute Gasteiger partial charge is 0.392 e. The minimum absolute atomic E-state index is 0.0926. The normalized spacial score (nSPS) is 33.2. The van der Waals surface area contributed by atoms with Crippen molar-refractivity contribution in [2.45, 2.75) is 32.8 Å². The molecule has 10 heavy (non-hydrogen) atoms. The van der Waals surface area contributed by atoms with E-state index in [4.69, 9.17) is 0 Å². The first-order valence-corrected chi connectivity index (χ1v) is 4.06. The van der Waals surface area contributed by atoms with Crippen LogP contribution in [0.15, 0.2) is 12.2 Å². The predicted molar refractivity (Wildman–Crippen MR) is 42.7 cm³/mol. The van der Waals surface area contributed by atoms with Crippen molar-refractivity contribution in [2.75, 3.05) is 0 Å². The topological polar surface area (TPSA) is 20.2 Å². The lowest BCUT2D eigenvalue weighted by Crippen LogP contribution is -2.25. The smallest absolute Gasteiger partial charge is 0.0608 e. The number of hydrogen-bond donors (Lipinski definition) is 1. The summed E-state index contributed by atoms with van der Waals surface area (Å²) in [5, 5.41) is 9.49. The minimum Gasteiger partial charge on any atom is -0.392 e. The van der Waals surface area contributed by atoms with Gasteiger partial charge in [-0.05, 0) is 18.8 Å². The predicted octanol–water partition coefficient (Wildman–Crippen LogP) is 1.97. The van der Waals surface area contributed by atoms with E-state index in [1.165, 1.54) is 0 Å². The molecule has 2 unspecified atom stereocenters.